The van der Waals surface area contributed by atoms with Gasteiger partial charge in [0.2, 0.25) is 0 Å². The van der Waals surface area contributed by atoms with Crippen LogP contribution in [0.25, 0.3) is 0 Å². The monoisotopic (exact) mass is 502 g/mol. The average Bonchev–Trinajstić information content (AvgIpc) is 2.79. The number of carboxylic acid groups (broad SMARTS) is 1. The van der Waals surface area contributed by atoms with Gasteiger partial charge in [-0.25, -0.2) is 0 Å². The highest BCUT2D eigenvalue weighted by atomic mass is 16.7. The third-order valence-corrected chi connectivity index (χ3v) is 7.11. The third kappa shape index (κ3) is 17.4. The van der Waals surface area contributed by atoms with Gasteiger partial charge in [-0.1, -0.05) is 96.3 Å². The Morgan fingerprint density at radius 2 is 1.23 bits per heavy atom. The molecule has 0 aliphatic carbocycles. The molecule has 0 amide bonds. The molecule has 0 saturated carbocycles. The summed E-state index contributed by atoms with van der Waals surface area (Å²) < 4.78 is 11.4. The van der Waals surface area contributed by atoms with Crippen LogP contribution in [0.2, 0.25) is 0 Å². The lowest BCUT2D eigenvalue weighted by Gasteiger charge is -2.36. The third-order valence-electron chi connectivity index (χ3n) is 7.11. The van der Waals surface area contributed by atoms with Gasteiger partial charge in [-0.15, -0.1) is 0 Å². The molecule has 7 heteroatoms. The summed E-state index contributed by atoms with van der Waals surface area (Å²) in [7, 11) is 0. The van der Waals surface area contributed by atoms with E-state index in [1.807, 2.05) is 13.8 Å². The summed E-state index contributed by atoms with van der Waals surface area (Å²) in [5.74, 6) is -0.921. The van der Waals surface area contributed by atoms with E-state index in [0.29, 0.717) is 12.8 Å². The summed E-state index contributed by atoms with van der Waals surface area (Å²) >= 11 is 0. The van der Waals surface area contributed by atoms with Crippen molar-refractivity contribution in [1.82, 2.24) is 0 Å². The van der Waals surface area contributed by atoms with E-state index in [1.54, 1.807) is 0 Å². The van der Waals surface area contributed by atoms with Crippen molar-refractivity contribution in [2.75, 3.05) is 0 Å². The minimum atomic E-state index is -0.921. The van der Waals surface area contributed by atoms with Gasteiger partial charge in [-0.2, -0.15) is 0 Å². The van der Waals surface area contributed by atoms with Gasteiger partial charge >= 0.3 is 5.97 Å². The Kier molecular flexibility index (Phi) is 18.8. The molecule has 4 N–H and O–H groups in total. The first-order valence-electron chi connectivity index (χ1n) is 14.4. The highest BCUT2D eigenvalue weighted by Crippen LogP contribution is 2.23. The van der Waals surface area contributed by atoms with Crippen LogP contribution in [0.5, 0.6) is 0 Å². The van der Waals surface area contributed by atoms with Crippen LogP contribution in [0.15, 0.2) is 0 Å². The molecule has 1 fully saturated rings. The Balaban J connectivity index is 1.80. The largest absolute Gasteiger partial charge is 0.481 e. The van der Waals surface area contributed by atoms with Crippen LogP contribution in [0.1, 0.15) is 136 Å². The van der Waals surface area contributed by atoms with E-state index < -0.39 is 30.6 Å². The second-order valence-electron chi connectivity index (χ2n) is 10.7. The van der Waals surface area contributed by atoms with Crippen molar-refractivity contribution in [2.24, 2.45) is 0 Å². The molecule has 7 nitrogen and oxygen atoms in total. The SMILES string of the molecule is C[C@H](CCCCCCCCCCCCCCCCC[C@@H](O)CC(=O)O)O[C@@H]1O[C@@H](C)[C@H](O)C[C@H]1O. The zero-order valence-electron chi connectivity index (χ0n) is 22.4. The Morgan fingerprint density at radius 1 is 0.800 bits per heavy atom. The number of aliphatic hydroxyl groups is 3. The first kappa shape index (κ1) is 32.3. The number of carbonyl (C=O) groups is 1. The van der Waals surface area contributed by atoms with Crippen LogP contribution in [0, 0.1) is 0 Å². The topological polar surface area (TPSA) is 116 Å². The van der Waals surface area contributed by atoms with Gasteiger partial charge in [0.1, 0.15) is 6.10 Å². The molecule has 0 bridgehead atoms. The zero-order valence-corrected chi connectivity index (χ0v) is 22.4. The number of rotatable bonds is 22. The quantitative estimate of drug-likeness (QED) is 0.140. The van der Waals surface area contributed by atoms with Crippen molar-refractivity contribution in [3.8, 4) is 0 Å². The van der Waals surface area contributed by atoms with Gasteiger partial charge in [-0.3, -0.25) is 4.79 Å². The van der Waals surface area contributed by atoms with Crippen molar-refractivity contribution in [3.05, 3.63) is 0 Å². The molecule has 1 heterocycles. The number of carboxylic acids is 1. The Morgan fingerprint density at radius 3 is 1.69 bits per heavy atom. The summed E-state index contributed by atoms with van der Waals surface area (Å²) in [4.78, 5) is 10.5. The molecule has 1 aliphatic heterocycles. The maximum Gasteiger partial charge on any atom is 0.305 e. The van der Waals surface area contributed by atoms with Crippen LogP contribution < -0.4 is 0 Å². The molecule has 0 radical (unpaired) electrons. The number of unbranched alkanes of at least 4 members (excludes halogenated alkanes) is 14. The molecule has 0 unspecified atom stereocenters. The summed E-state index contributed by atoms with van der Waals surface area (Å²) in [6.45, 7) is 3.84. The standard InChI is InChI=1S/C28H54O7/c1-22(34-28-26(31)21-25(30)23(2)35-28)18-16-14-12-10-8-6-4-3-5-7-9-11-13-15-17-19-24(29)20-27(32)33/h22-26,28-31H,3-21H2,1-2H3,(H,32,33)/t22-,23+,24-,25-,26-,28-/m1/s1. The first-order valence-corrected chi connectivity index (χ1v) is 14.4. The summed E-state index contributed by atoms with van der Waals surface area (Å²) in [6, 6.07) is 0. The lowest BCUT2D eigenvalue weighted by molar-refractivity contribution is -0.273. The molecule has 0 aromatic rings. The van der Waals surface area contributed by atoms with Gasteiger partial charge in [0.25, 0.3) is 0 Å². The van der Waals surface area contributed by atoms with Gasteiger partial charge in [0.15, 0.2) is 6.29 Å². The average molecular weight is 503 g/mol. The van der Waals surface area contributed by atoms with Gasteiger partial charge in [-0.05, 0) is 26.7 Å². The van der Waals surface area contributed by atoms with Crippen LogP contribution in [0.4, 0.5) is 0 Å². The fraction of sp³-hybridized carbons (Fsp3) is 0.964. The minimum absolute atomic E-state index is 0.0498. The number of aliphatic hydroxyl groups excluding tert-OH is 3. The predicted molar refractivity (Wildman–Crippen MR) is 138 cm³/mol. The Bertz CT molecular complexity index is 516. The molecule has 6 atom stereocenters. The molecule has 208 valence electrons. The summed E-state index contributed by atoms with van der Waals surface area (Å²) in [5, 5.41) is 37.9. The van der Waals surface area contributed by atoms with E-state index >= 15 is 0 Å². The molecule has 0 aromatic carbocycles. The van der Waals surface area contributed by atoms with Crippen LogP contribution in [-0.2, 0) is 14.3 Å². The summed E-state index contributed by atoms with van der Waals surface area (Å²) in [6.07, 6.45) is 17.4. The van der Waals surface area contributed by atoms with Crippen LogP contribution >= 0.6 is 0 Å². The normalized spacial score (nSPS) is 24.4. The second kappa shape index (κ2) is 20.3. The minimum Gasteiger partial charge on any atom is -0.481 e. The maximum atomic E-state index is 10.5. The zero-order chi connectivity index (χ0) is 25.9. The molecule has 1 saturated heterocycles. The maximum absolute atomic E-state index is 10.5. The fourth-order valence-corrected chi connectivity index (χ4v) is 4.78. The van der Waals surface area contributed by atoms with Gasteiger partial charge < -0.3 is 29.9 Å². The van der Waals surface area contributed by atoms with E-state index in [9.17, 15) is 20.1 Å². The second-order valence-corrected chi connectivity index (χ2v) is 10.7. The number of hydrogen-bond donors (Lipinski definition) is 4. The Labute approximate surface area is 213 Å². The van der Waals surface area contributed by atoms with E-state index in [2.05, 4.69) is 0 Å². The molecule has 35 heavy (non-hydrogen) atoms. The molecule has 0 aromatic heterocycles. The van der Waals surface area contributed by atoms with Gasteiger partial charge in [0.05, 0.1) is 30.8 Å². The van der Waals surface area contributed by atoms with Crippen molar-refractivity contribution < 1.29 is 34.7 Å². The summed E-state index contributed by atoms with van der Waals surface area (Å²) in [5.41, 5.74) is 0. The molecule has 0 spiro atoms. The predicted octanol–water partition coefficient (Wildman–Crippen LogP) is 5.72. The van der Waals surface area contributed by atoms with Crippen molar-refractivity contribution >= 4 is 5.97 Å². The van der Waals surface area contributed by atoms with E-state index in [-0.39, 0.29) is 18.6 Å². The van der Waals surface area contributed by atoms with Crippen LogP contribution in [0.3, 0.4) is 0 Å². The highest BCUT2D eigenvalue weighted by molar-refractivity contribution is 5.67. The lowest BCUT2D eigenvalue weighted by Crippen LogP contribution is -2.48. The number of hydrogen-bond acceptors (Lipinski definition) is 6. The van der Waals surface area contributed by atoms with E-state index in [1.165, 1.54) is 77.0 Å². The van der Waals surface area contributed by atoms with Crippen molar-refractivity contribution in [1.29, 1.82) is 0 Å². The van der Waals surface area contributed by atoms with Crippen molar-refractivity contribution in [2.45, 2.75) is 173 Å². The molecular weight excluding hydrogens is 448 g/mol. The lowest BCUT2D eigenvalue weighted by atomic mass is 10.0. The van der Waals surface area contributed by atoms with Crippen molar-refractivity contribution in [3.63, 3.8) is 0 Å². The van der Waals surface area contributed by atoms with Gasteiger partial charge in [0, 0.05) is 6.42 Å². The number of aliphatic carboxylic acids is 1. The Hall–Kier alpha value is -0.730. The molecule has 1 aliphatic rings. The highest BCUT2D eigenvalue weighted by Gasteiger charge is 2.35. The van der Waals surface area contributed by atoms with Crippen LogP contribution in [-0.4, -0.2) is 63.2 Å². The smallest absolute Gasteiger partial charge is 0.305 e. The molecular formula is C28H54O7. The number of ether oxygens (including phenoxy) is 2. The van der Waals surface area contributed by atoms with E-state index in [0.717, 1.165) is 25.7 Å². The fourth-order valence-electron chi connectivity index (χ4n) is 4.78. The first-order chi connectivity index (χ1) is 16.8. The van der Waals surface area contributed by atoms with E-state index in [4.69, 9.17) is 14.6 Å². The molecule has 1 rings (SSSR count).